The molecule has 1 aliphatic heterocycles. The van der Waals surface area contributed by atoms with Gasteiger partial charge in [-0.3, -0.25) is 9.69 Å². The van der Waals surface area contributed by atoms with E-state index in [4.69, 9.17) is 10.2 Å². The first-order chi connectivity index (χ1) is 6.52. The van der Waals surface area contributed by atoms with Crippen LogP contribution in [-0.2, 0) is 9.59 Å². The molecule has 0 radical (unpaired) electrons. The van der Waals surface area contributed by atoms with Crippen LogP contribution in [0.15, 0.2) is 0 Å². The third-order valence-electron chi connectivity index (χ3n) is 1.85. The molecule has 14 heavy (non-hydrogen) atoms. The number of carbonyl (C=O) groups excluding carboxylic acids is 2. The van der Waals surface area contributed by atoms with Crippen LogP contribution in [0.25, 0.3) is 0 Å². The Morgan fingerprint density at radius 1 is 1.57 bits per heavy atom. The highest BCUT2D eigenvalue weighted by Gasteiger charge is 2.29. The predicted octanol–water partition coefficient (Wildman–Crippen LogP) is -1.63. The number of urea groups is 1. The van der Waals surface area contributed by atoms with Crippen molar-refractivity contribution >= 4 is 17.9 Å². The Hall–Kier alpha value is -1.63. The quantitative estimate of drug-likeness (QED) is 0.474. The summed E-state index contributed by atoms with van der Waals surface area (Å²) in [5.74, 6) is -1.77. The Balaban J connectivity index is 2.41. The van der Waals surface area contributed by atoms with Crippen LogP contribution < -0.4 is 5.32 Å². The van der Waals surface area contributed by atoms with Crippen molar-refractivity contribution in [2.24, 2.45) is 0 Å². The van der Waals surface area contributed by atoms with Crippen molar-refractivity contribution in [1.29, 1.82) is 0 Å². The van der Waals surface area contributed by atoms with Crippen LogP contribution >= 0.6 is 0 Å². The van der Waals surface area contributed by atoms with Crippen LogP contribution in [0.5, 0.6) is 0 Å². The van der Waals surface area contributed by atoms with Crippen LogP contribution in [0, 0.1) is 0 Å². The number of rotatable bonds is 4. The summed E-state index contributed by atoms with van der Waals surface area (Å²) < 4.78 is 0. The van der Waals surface area contributed by atoms with E-state index in [1.807, 2.05) is 0 Å². The molecule has 0 aromatic heterocycles. The maximum atomic E-state index is 11.0. The molecule has 1 heterocycles. The van der Waals surface area contributed by atoms with Crippen molar-refractivity contribution in [3.8, 4) is 0 Å². The third-order valence-corrected chi connectivity index (χ3v) is 1.85. The minimum absolute atomic E-state index is 0.0675. The number of carboxylic acid groups (broad SMARTS) is 1. The zero-order chi connectivity index (χ0) is 10.7. The number of carboxylic acids is 1. The largest absolute Gasteiger partial charge is 0.479 e. The average Bonchev–Trinajstić information content (AvgIpc) is 2.43. The molecule has 3 N–H and O–H groups in total. The molecule has 0 aliphatic carbocycles. The topological polar surface area (TPSA) is 107 Å². The van der Waals surface area contributed by atoms with Crippen LogP contribution in [0.4, 0.5) is 4.79 Å². The fraction of sp³-hybridized carbons (Fsp3) is 0.571. The van der Waals surface area contributed by atoms with Gasteiger partial charge in [-0.1, -0.05) is 0 Å². The second-order valence-corrected chi connectivity index (χ2v) is 2.85. The zero-order valence-corrected chi connectivity index (χ0v) is 7.27. The lowest BCUT2D eigenvalue weighted by Gasteiger charge is -2.12. The van der Waals surface area contributed by atoms with Crippen molar-refractivity contribution in [2.45, 2.75) is 12.5 Å². The molecule has 1 unspecified atom stereocenters. The number of nitrogens with zero attached hydrogens (tertiary/aromatic N) is 1. The van der Waals surface area contributed by atoms with Crippen molar-refractivity contribution in [3.63, 3.8) is 0 Å². The molecule has 0 spiro atoms. The van der Waals surface area contributed by atoms with Crippen LogP contribution in [-0.4, -0.2) is 52.2 Å². The Bertz CT molecular complexity index is 261. The smallest absolute Gasteiger partial charge is 0.332 e. The molecule has 1 saturated heterocycles. The first-order valence-corrected chi connectivity index (χ1v) is 4.01. The number of aliphatic carboxylic acids is 1. The van der Waals surface area contributed by atoms with Gasteiger partial charge in [-0.15, -0.1) is 0 Å². The van der Waals surface area contributed by atoms with Crippen LogP contribution in [0.1, 0.15) is 6.42 Å². The Morgan fingerprint density at radius 3 is 2.64 bits per heavy atom. The minimum Gasteiger partial charge on any atom is -0.479 e. The zero-order valence-electron chi connectivity index (χ0n) is 7.27. The molecule has 0 aromatic carbocycles. The number of nitrogens with one attached hydrogen (secondary N) is 1. The number of carbonyl (C=O) groups is 3. The van der Waals surface area contributed by atoms with E-state index in [0.717, 1.165) is 4.90 Å². The minimum atomic E-state index is -1.55. The highest BCUT2D eigenvalue weighted by atomic mass is 16.4. The lowest BCUT2D eigenvalue weighted by Crippen LogP contribution is -2.35. The summed E-state index contributed by atoms with van der Waals surface area (Å²) in [4.78, 5) is 33.0. The van der Waals surface area contributed by atoms with Gasteiger partial charge in [0.1, 0.15) is 0 Å². The highest BCUT2D eigenvalue weighted by Crippen LogP contribution is 2.02. The highest BCUT2D eigenvalue weighted by molar-refractivity contribution is 6.01. The van der Waals surface area contributed by atoms with Gasteiger partial charge in [-0.05, 0) is 0 Å². The lowest BCUT2D eigenvalue weighted by atomic mass is 10.2. The van der Waals surface area contributed by atoms with Gasteiger partial charge in [0, 0.05) is 13.0 Å². The maximum Gasteiger partial charge on any atom is 0.332 e. The van der Waals surface area contributed by atoms with E-state index in [-0.39, 0.29) is 19.5 Å². The van der Waals surface area contributed by atoms with Crippen LogP contribution in [0.3, 0.4) is 0 Å². The molecule has 3 amide bonds. The van der Waals surface area contributed by atoms with Gasteiger partial charge < -0.3 is 15.5 Å². The van der Waals surface area contributed by atoms with Gasteiger partial charge >= 0.3 is 12.0 Å². The monoisotopic (exact) mass is 202 g/mol. The number of imide groups is 1. The summed E-state index contributed by atoms with van der Waals surface area (Å²) in [7, 11) is 0. The van der Waals surface area contributed by atoms with E-state index in [2.05, 4.69) is 5.32 Å². The molecule has 7 nitrogen and oxygen atoms in total. The Kier molecular flexibility index (Phi) is 3.03. The second kappa shape index (κ2) is 4.05. The molecule has 1 atom stereocenters. The molecule has 1 rings (SSSR count). The molecule has 0 aromatic rings. The SMILES string of the molecule is O=C(O)C(O)CCN1C(=O)CNC1=O. The number of aliphatic hydroxyl groups excluding tert-OH is 1. The first-order valence-electron chi connectivity index (χ1n) is 4.01. The fourth-order valence-corrected chi connectivity index (χ4v) is 1.06. The fourth-order valence-electron chi connectivity index (χ4n) is 1.06. The predicted molar refractivity (Wildman–Crippen MR) is 43.4 cm³/mol. The van der Waals surface area contributed by atoms with Crippen molar-refractivity contribution in [3.05, 3.63) is 0 Å². The Labute approximate surface area is 79.3 Å². The summed E-state index contributed by atoms with van der Waals surface area (Å²) in [6.45, 7) is -0.153. The third kappa shape index (κ3) is 2.19. The van der Waals surface area contributed by atoms with Gasteiger partial charge in [-0.2, -0.15) is 0 Å². The standard InChI is InChI=1S/C7H10N2O5/c10-4(6(12)13)1-2-9-5(11)3-8-7(9)14/h4,10H,1-3H2,(H,8,14)(H,12,13). The first kappa shape index (κ1) is 10.5. The van der Waals surface area contributed by atoms with Crippen molar-refractivity contribution < 1.29 is 24.6 Å². The van der Waals surface area contributed by atoms with E-state index in [9.17, 15) is 14.4 Å². The Morgan fingerprint density at radius 2 is 2.21 bits per heavy atom. The number of hydrogen-bond acceptors (Lipinski definition) is 4. The van der Waals surface area contributed by atoms with Crippen LogP contribution in [0.2, 0.25) is 0 Å². The lowest BCUT2D eigenvalue weighted by molar-refractivity contribution is -0.147. The molecule has 1 aliphatic rings. The molecule has 1 fully saturated rings. The van der Waals surface area contributed by atoms with E-state index in [0.29, 0.717) is 0 Å². The number of aliphatic hydroxyl groups is 1. The molecule has 78 valence electrons. The van der Waals surface area contributed by atoms with E-state index < -0.39 is 24.0 Å². The summed E-state index contributed by atoms with van der Waals surface area (Å²) in [5.41, 5.74) is 0. The summed E-state index contributed by atoms with van der Waals surface area (Å²) in [5, 5.41) is 19.5. The maximum absolute atomic E-state index is 11.0. The van der Waals surface area contributed by atoms with Gasteiger partial charge in [0.15, 0.2) is 6.10 Å². The van der Waals surface area contributed by atoms with E-state index in [1.54, 1.807) is 0 Å². The van der Waals surface area contributed by atoms with E-state index >= 15 is 0 Å². The summed E-state index contributed by atoms with van der Waals surface area (Å²) >= 11 is 0. The normalized spacial score (nSPS) is 18.2. The average molecular weight is 202 g/mol. The summed E-state index contributed by atoms with van der Waals surface area (Å²) in [6.07, 6.45) is -1.70. The molecule has 0 bridgehead atoms. The van der Waals surface area contributed by atoms with E-state index in [1.165, 1.54) is 0 Å². The molecular formula is C7H10N2O5. The molecule has 0 saturated carbocycles. The van der Waals surface area contributed by atoms with Gasteiger partial charge in [-0.25, -0.2) is 9.59 Å². The summed E-state index contributed by atoms with van der Waals surface area (Å²) in [6, 6.07) is -0.549. The molecular weight excluding hydrogens is 192 g/mol. The number of hydrogen-bond donors (Lipinski definition) is 3. The van der Waals surface area contributed by atoms with Crippen molar-refractivity contribution in [2.75, 3.05) is 13.1 Å². The second-order valence-electron chi connectivity index (χ2n) is 2.85. The van der Waals surface area contributed by atoms with Gasteiger partial charge in [0.05, 0.1) is 6.54 Å². The van der Waals surface area contributed by atoms with Gasteiger partial charge in [0.2, 0.25) is 5.91 Å². The van der Waals surface area contributed by atoms with Gasteiger partial charge in [0.25, 0.3) is 0 Å². The molecule has 7 heteroatoms. The van der Waals surface area contributed by atoms with Crippen molar-refractivity contribution in [1.82, 2.24) is 10.2 Å². The number of amides is 3.